The predicted octanol–water partition coefficient (Wildman–Crippen LogP) is 3.54. The van der Waals surface area contributed by atoms with Crippen molar-refractivity contribution in [3.63, 3.8) is 0 Å². The lowest BCUT2D eigenvalue weighted by molar-refractivity contribution is -0.134. The van der Waals surface area contributed by atoms with Gasteiger partial charge in [0, 0.05) is 16.2 Å². The van der Waals surface area contributed by atoms with Crippen LogP contribution in [-0.4, -0.2) is 23.3 Å². The molecule has 1 fully saturated rings. The molecule has 4 nitrogen and oxygen atoms in total. The normalized spacial score (nSPS) is 14.4. The molecule has 128 valence electrons. The zero-order valence-electron chi connectivity index (χ0n) is 13.9. The van der Waals surface area contributed by atoms with Crippen molar-refractivity contribution in [1.29, 1.82) is 0 Å². The van der Waals surface area contributed by atoms with Crippen molar-refractivity contribution in [1.82, 2.24) is 5.32 Å². The number of benzene rings is 2. The van der Waals surface area contributed by atoms with E-state index in [2.05, 4.69) is 5.32 Å². The molecule has 0 aromatic heterocycles. The van der Waals surface area contributed by atoms with Crippen molar-refractivity contribution >= 4 is 16.8 Å². The maximum atomic E-state index is 12.3. The summed E-state index contributed by atoms with van der Waals surface area (Å²) in [6.07, 6.45) is 3.09. The molecule has 1 saturated heterocycles. The van der Waals surface area contributed by atoms with Gasteiger partial charge in [-0.15, -0.1) is 0 Å². The lowest BCUT2D eigenvalue weighted by atomic mass is 10.3. The van der Waals surface area contributed by atoms with Crippen LogP contribution < -0.4 is 10.1 Å². The number of esters is 1. The summed E-state index contributed by atoms with van der Waals surface area (Å²) < 4.78 is 17.4. The van der Waals surface area contributed by atoms with Crippen molar-refractivity contribution in [2.75, 3.05) is 13.1 Å². The van der Waals surface area contributed by atoms with Crippen LogP contribution in [0.4, 0.5) is 0 Å². The first-order valence-electron chi connectivity index (χ1n) is 8.19. The summed E-state index contributed by atoms with van der Waals surface area (Å²) in [4.78, 5) is 12.6. The maximum absolute atomic E-state index is 12.3. The van der Waals surface area contributed by atoms with Gasteiger partial charge in [-0.3, -0.25) is 4.79 Å². The van der Waals surface area contributed by atoms with Crippen LogP contribution in [0.5, 0.6) is 5.75 Å². The minimum Gasteiger partial charge on any atom is -0.426 e. The molecule has 0 saturated carbocycles. The predicted molar refractivity (Wildman–Crippen MR) is 95.6 cm³/mol. The average molecular weight is 345 g/mol. The number of ether oxygens (including phenoxy) is 1. The van der Waals surface area contributed by atoms with Gasteiger partial charge in [0.2, 0.25) is 0 Å². The first-order valence-corrected chi connectivity index (χ1v) is 9.34. The van der Waals surface area contributed by atoms with Gasteiger partial charge in [-0.1, -0.05) is 31.2 Å². The van der Waals surface area contributed by atoms with Gasteiger partial charge in [-0.05, 0) is 56.3 Å². The summed E-state index contributed by atoms with van der Waals surface area (Å²) in [6, 6.07) is 16.0. The van der Waals surface area contributed by atoms with E-state index in [1.54, 1.807) is 43.3 Å². The van der Waals surface area contributed by atoms with Crippen molar-refractivity contribution in [2.24, 2.45) is 0 Å². The number of hydrogen-bond acceptors (Lipinski definition) is 4. The van der Waals surface area contributed by atoms with Crippen LogP contribution >= 0.6 is 0 Å². The quantitative estimate of drug-likeness (QED) is 0.680. The van der Waals surface area contributed by atoms with E-state index in [0.717, 1.165) is 4.90 Å². The highest BCUT2D eigenvalue weighted by Crippen LogP contribution is 2.21. The topological polar surface area (TPSA) is 55.4 Å². The number of rotatable bonds is 4. The van der Waals surface area contributed by atoms with Gasteiger partial charge in [-0.25, -0.2) is 4.21 Å². The van der Waals surface area contributed by atoms with E-state index in [1.807, 2.05) is 18.2 Å². The number of carbonyl (C=O) groups excluding carboxylic acids is 1. The minimum absolute atomic E-state index is 0.303. The molecular formula is C19H23NO3S. The lowest BCUT2D eigenvalue weighted by Gasteiger charge is -2.06. The molecule has 1 aliphatic heterocycles. The second kappa shape index (κ2) is 10.0. The van der Waals surface area contributed by atoms with Crippen LogP contribution in [0.1, 0.15) is 26.2 Å². The molecule has 1 N–H and O–H groups in total. The third-order valence-electron chi connectivity index (χ3n) is 3.45. The Morgan fingerprint density at radius 3 is 2.29 bits per heavy atom. The number of nitrogens with one attached hydrogen (secondary N) is 1. The van der Waals surface area contributed by atoms with Crippen LogP contribution in [0.25, 0.3) is 0 Å². The van der Waals surface area contributed by atoms with Crippen molar-refractivity contribution in [3.05, 3.63) is 54.6 Å². The van der Waals surface area contributed by atoms with E-state index in [1.165, 1.54) is 25.9 Å². The van der Waals surface area contributed by atoms with E-state index in [0.29, 0.717) is 17.1 Å². The second-order valence-corrected chi connectivity index (χ2v) is 6.82. The van der Waals surface area contributed by atoms with Crippen LogP contribution in [0.3, 0.4) is 0 Å². The van der Waals surface area contributed by atoms with Crippen LogP contribution in [0, 0.1) is 0 Å². The molecule has 1 heterocycles. The first-order chi connectivity index (χ1) is 11.7. The molecule has 0 amide bonds. The fourth-order valence-corrected chi connectivity index (χ4v) is 3.26. The number of hydrogen-bond donors (Lipinski definition) is 1. The summed E-state index contributed by atoms with van der Waals surface area (Å²) in [5.41, 5.74) is 0. The largest absolute Gasteiger partial charge is 0.426 e. The van der Waals surface area contributed by atoms with E-state index in [4.69, 9.17) is 4.74 Å². The summed E-state index contributed by atoms with van der Waals surface area (Å²) >= 11 is 0. The van der Waals surface area contributed by atoms with E-state index in [9.17, 15) is 9.00 Å². The highest BCUT2D eigenvalue weighted by atomic mass is 32.2. The van der Waals surface area contributed by atoms with Crippen molar-refractivity contribution in [3.8, 4) is 5.75 Å². The Hall–Kier alpha value is -1.98. The van der Waals surface area contributed by atoms with Gasteiger partial charge in [0.1, 0.15) is 5.75 Å². The molecule has 2 aromatic rings. The molecule has 0 spiro atoms. The standard InChI is InChI=1S/C15H14O3S.C4H9N/c1-2-15(16)18-12-7-6-10-14(11-12)19(17)13-8-4-3-5-9-13;1-2-4-5-3-1/h3-11H,2H2,1H3;5H,1-4H2. The Bertz CT molecular complexity index is 662. The van der Waals surface area contributed by atoms with Gasteiger partial charge >= 0.3 is 5.97 Å². The third-order valence-corrected chi connectivity index (χ3v) is 4.84. The van der Waals surface area contributed by atoms with Crippen molar-refractivity contribution in [2.45, 2.75) is 36.0 Å². The van der Waals surface area contributed by atoms with E-state index < -0.39 is 10.8 Å². The molecule has 0 radical (unpaired) electrons. The monoisotopic (exact) mass is 345 g/mol. The fraction of sp³-hybridized carbons (Fsp3) is 0.316. The Morgan fingerprint density at radius 1 is 1.04 bits per heavy atom. The lowest BCUT2D eigenvalue weighted by Crippen LogP contribution is -2.05. The van der Waals surface area contributed by atoms with Gasteiger partial charge in [-0.2, -0.15) is 0 Å². The Balaban J connectivity index is 0.000000355. The fourth-order valence-electron chi connectivity index (χ4n) is 2.16. The molecule has 3 rings (SSSR count). The molecule has 1 atom stereocenters. The first kappa shape index (κ1) is 18.4. The highest BCUT2D eigenvalue weighted by Gasteiger charge is 2.09. The van der Waals surface area contributed by atoms with Crippen molar-refractivity contribution < 1.29 is 13.7 Å². The SMILES string of the molecule is C1CCNC1.CCC(=O)Oc1cccc(S(=O)c2ccccc2)c1. The van der Waals surface area contributed by atoms with Gasteiger partial charge < -0.3 is 10.1 Å². The van der Waals surface area contributed by atoms with E-state index in [-0.39, 0.29) is 5.97 Å². The summed E-state index contributed by atoms with van der Waals surface area (Å²) in [5.74, 6) is 0.122. The average Bonchev–Trinajstić information content (AvgIpc) is 3.22. The van der Waals surface area contributed by atoms with Crippen LogP contribution in [0.2, 0.25) is 0 Å². The second-order valence-electron chi connectivity index (χ2n) is 5.34. The van der Waals surface area contributed by atoms with E-state index >= 15 is 0 Å². The molecule has 0 bridgehead atoms. The maximum Gasteiger partial charge on any atom is 0.310 e. The molecule has 24 heavy (non-hydrogen) atoms. The Kier molecular flexibility index (Phi) is 7.65. The van der Waals surface area contributed by atoms with Gasteiger partial charge in [0.05, 0.1) is 10.8 Å². The Morgan fingerprint density at radius 2 is 1.71 bits per heavy atom. The smallest absolute Gasteiger partial charge is 0.310 e. The molecule has 2 aromatic carbocycles. The molecular weight excluding hydrogens is 322 g/mol. The summed E-state index contributed by atoms with van der Waals surface area (Å²) in [6.45, 7) is 4.23. The minimum atomic E-state index is -1.27. The number of carbonyl (C=O) groups is 1. The van der Waals surface area contributed by atoms with Crippen LogP contribution in [0.15, 0.2) is 64.4 Å². The van der Waals surface area contributed by atoms with Gasteiger partial charge in [0.15, 0.2) is 0 Å². The van der Waals surface area contributed by atoms with Crippen LogP contribution in [-0.2, 0) is 15.6 Å². The van der Waals surface area contributed by atoms with Gasteiger partial charge in [0.25, 0.3) is 0 Å². The summed E-state index contributed by atoms with van der Waals surface area (Å²) in [5, 5.41) is 3.22. The molecule has 5 heteroatoms. The molecule has 0 aliphatic carbocycles. The highest BCUT2D eigenvalue weighted by molar-refractivity contribution is 7.85. The Labute approximate surface area is 145 Å². The molecule has 1 unspecified atom stereocenters. The third kappa shape index (κ3) is 5.91. The zero-order valence-corrected chi connectivity index (χ0v) is 14.7. The summed E-state index contributed by atoms with van der Waals surface area (Å²) in [7, 11) is -1.27. The zero-order chi connectivity index (χ0) is 17.2. The molecule has 1 aliphatic rings.